The van der Waals surface area contributed by atoms with E-state index in [-0.39, 0.29) is 55.5 Å². The van der Waals surface area contributed by atoms with Gasteiger partial charge in [-0.3, -0.25) is 14.2 Å². The van der Waals surface area contributed by atoms with Gasteiger partial charge in [-0.05, 0) is 140 Å². The highest BCUT2D eigenvalue weighted by molar-refractivity contribution is 7.89. The van der Waals surface area contributed by atoms with Crippen LogP contribution in [0.25, 0.3) is 32.7 Å². The van der Waals surface area contributed by atoms with E-state index in [4.69, 9.17) is 24.1 Å². The van der Waals surface area contributed by atoms with Crippen molar-refractivity contribution in [2.45, 2.75) is 87.2 Å². The van der Waals surface area contributed by atoms with Crippen LogP contribution in [0.1, 0.15) is 89.5 Å². The van der Waals surface area contributed by atoms with Crippen molar-refractivity contribution in [2.75, 3.05) is 56.4 Å². The number of carbonyl (C=O) groups is 2. The van der Waals surface area contributed by atoms with Crippen LogP contribution in [0.3, 0.4) is 0 Å². The number of hydrogen-bond acceptors (Lipinski definition) is 17. The van der Waals surface area contributed by atoms with Crippen molar-refractivity contribution in [3.63, 3.8) is 0 Å². The van der Waals surface area contributed by atoms with Gasteiger partial charge in [0.2, 0.25) is 41.9 Å². The molecule has 0 saturated heterocycles. The molecule has 0 saturated carbocycles. The van der Waals surface area contributed by atoms with Crippen LogP contribution >= 0.6 is 0 Å². The van der Waals surface area contributed by atoms with Crippen molar-refractivity contribution in [1.82, 2.24) is 32.4 Å². The van der Waals surface area contributed by atoms with Gasteiger partial charge in [0.1, 0.15) is 6.61 Å². The normalized spacial score (nSPS) is 12.8. The van der Waals surface area contributed by atoms with Gasteiger partial charge in [0, 0.05) is 107 Å². The summed E-state index contributed by atoms with van der Waals surface area (Å²) in [5, 5.41) is 34.8. The van der Waals surface area contributed by atoms with E-state index in [1.807, 2.05) is 154 Å². The number of aliphatic imine (C=N–C) groups is 3. The van der Waals surface area contributed by atoms with Crippen molar-refractivity contribution < 1.29 is 59.3 Å². The summed E-state index contributed by atoms with van der Waals surface area (Å²) in [4.78, 5) is 46.6. The van der Waals surface area contributed by atoms with Crippen molar-refractivity contribution in [3.05, 3.63) is 268 Å². The van der Waals surface area contributed by atoms with Crippen LogP contribution in [0.2, 0.25) is 18.1 Å². The molecule has 0 fully saturated rings. The number of carbonyl (C=O) groups excluding carboxylic acids is 2. The maximum atomic E-state index is 12.9. The molecule has 0 spiro atoms. The number of esters is 1. The number of aromatic hydroxyl groups is 3. The van der Waals surface area contributed by atoms with Crippen LogP contribution in [0.4, 0.5) is 17.1 Å². The summed E-state index contributed by atoms with van der Waals surface area (Å²) in [5.74, 6) is -1.32. The van der Waals surface area contributed by atoms with E-state index in [1.54, 1.807) is 48.5 Å². The molecule has 0 atom stereocenters. The lowest BCUT2D eigenvalue weighted by atomic mass is 10.0. The summed E-state index contributed by atoms with van der Waals surface area (Å²) in [6.07, 6.45) is 0. The number of sulfonamides is 3. The summed E-state index contributed by atoms with van der Waals surface area (Å²) in [6.45, 7) is 15.3. The molecule has 3 aromatic heterocycles. The maximum absolute atomic E-state index is 12.9. The second kappa shape index (κ2) is 34.1. The van der Waals surface area contributed by atoms with Gasteiger partial charge in [-0.25, -0.2) is 53.1 Å². The Morgan fingerprint density at radius 3 is 1.14 bits per heavy atom. The van der Waals surface area contributed by atoms with Crippen LogP contribution in [0, 0.1) is 0 Å². The van der Waals surface area contributed by atoms with Crippen LogP contribution < -0.4 is 0 Å². The summed E-state index contributed by atoms with van der Waals surface area (Å²) in [7, 11) is -0.107. The first-order valence-corrected chi connectivity index (χ1v) is 42.6. The van der Waals surface area contributed by atoms with Gasteiger partial charge in [0.25, 0.3) is 0 Å². The Labute approximate surface area is 649 Å². The molecule has 3 heterocycles. The van der Waals surface area contributed by atoms with E-state index >= 15 is 0 Å². The van der Waals surface area contributed by atoms with E-state index in [0.717, 1.165) is 43.4 Å². The van der Waals surface area contributed by atoms with Crippen molar-refractivity contribution in [2.24, 2.45) is 15.0 Å². The van der Waals surface area contributed by atoms with Crippen molar-refractivity contribution in [1.29, 1.82) is 0 Å². The Morgan fingerprint density at radius 1 is 0.450 bits per heavy atom. The lowest BCUT2D eigenvalue weighted by Crippen LogP contribution is -2.40. The highest BCUT2D eigenvalue weighted by Crippen LogP contribution is 2.40. The highest BCUT2D eigenvalue weighted by Gasteiger charge is 2.37. The van der Waals surface area contributed by atoms with Gasteiger partial charge in [0.05, 0.1) is 77.7 Å². The molecule has 0 amide bonds. The molecule has 0 aliphatic heterocycles. The number of aromatic nitrogens is 3. The number of rotatable bonds is 22. The molecule has 12 rings (SSSR count). The fourth-order valence-corrected chi connectivity index (χ4v) is 15.5. The summed E-state index contributed by atoms with van der Waals surface area (Å²) >= 11 is 0. The fraction of sp³-hybridized carbons (Fsp3) is 0.226. The minimum atomic E-state index is -3.79. The average molecular weight is 1570 g/mol. The van der Waals surface area contributed by atoms with E-state index in [1.165, 1.54) is 101 Å². The van der Waals surface area contributed by atoms with Crippen LogP contribution in [-0.2, 0) is 63.8 Å². The minimum Gasteiger partial charge on any atom is -0.494 e. The molecule has 0 bridgehead atoms. The maximum Gasteiger partial charge on any atom is 0.302 e. The highest BCUT2D eigenvalue weighted by atomic mass is 32.2. The number of hydrogen-bond donors (Lipinski definition) is 5. The lowest BCUT2D eigenvalue weighted by molar-refractivity contribution is -0.142. The number of fused-ring (bicyclic) bond motifs is 3. The quantitative estimate of drug-likeness (QED) is 0.0239. The molecule has 0 aliphatic carbocycles. The zero-order valence-corrected chi connectivity index (χ0v) is 68.1. The number of aromatic amines is 2. The van der Waals surface area contributed by atoms with E-state index < -0.39 is 44.3 Å². The Balaban J connectivity index is 0.000000177. The summed E-state index contributed by atoms with van der Waals surface area (Å²) in [5.41, 5.74) is 11.3. The topological polar surface area (TPSA) is 302 Å². The molecule has 578 valence electrons. The van der Waals surface area contributed by atoms with Gasteiger partial charge in [-0.2, -0.15) is 0 Å². The van der Waals surface area contributed by atoms with Crippen LogP contribution in [0.15, 0.2) is 248 Å². The first kappa shape index (κ1) is 82.5. The zero-order chi connectivity index (χ0) is 80.7. The zero-order valence-electron chi connectivity index (χ0n) is 64.6. The largest absolute Gasteiger partial charge is 0.494 e. The lowest BCUT2D eigenvalue weighted by Gasteiger charge is -2.36. The standard InChI is InChI=1S/C30H37N3O4SSi.C28H27N3O6S.C26H28N4O3S/c1-30(2,3)39(6,7)37-20-21-13-15-23(16-14-21)31-28(22-11-9-8-10-12-22)27-25-19-24(38(35,36)33(4)5)17-18-26(25)32-29(27)34;1-18(32)31-25-15-14-23(38(35,36)30(3)4)16-24(25)26(28(31)34)27(21-8-6-5-7-9-21)29-22-12-10-20(11-13-22)17-37-19(2)33;1-29(2)17-18-10-12-20(13-11-18)27-25(19-8-6-5-7-9-19)24-22-16-21(34(32,33)30(3)4)14-15-23(22)28-26(24)31/h8-19,32,34H,20H2,1-7H3;5-16,34H,17H2,1-4H3;5-16,28,31H,17H2,1-4H3. The predicted octanol–water partition coefficient (Wildman–Crippen LogP) is 15.7. The summed E-state index contributed by atoms with van der Waals surface area (Å²) in [6, 6.07) is 64.9. The van der Waals surface area contributed by atoms with E-state index in [9.17, 15) is 50.2 Å². The molecule has 0 aliphatic rings. The van der Waals surface area contributed by atoms with Gasteiger partial charge in [-0.1, -0.05) is 148 Å². The number of H-pyrrole nitrogens is 2. The van der Waals surface area contributed by atoms with Crippen LogP contribution in [-0.4, -0.2) is 167 Å². The van der Waals surface area contributed by atoms with Gasteiger partial charge in [-0.15, -0.1) is 0 Å². The Kier molecular flexibility index (Phi) is 25.3. The molecule has 9 aromatic carbocycles. The monoisotopic (exact) mass is 1570 g/mol. The molecular weight excluding hydrogens is 1480 g/mol. The first-order chi connectivity index (χ1) is 52.4. The third-order valence-corrected chi connectivity index (χ3v) is 28.7. The number of nitrogens with zero attached hydrogens (tertiary/aromatic N) is 8. The van der Waals surface area contributed by atoms with E-state index in [2.05, 4.69) is 48.7 Å². The minimum absolute atomic E-state index is 0.0131. The smallest absolute Gasteiger partial charge is 0.302 e. The van der Waals surface area contributed by atoms with Gasteiger partial charge >= 0.3 is 5.97 Å². The Bertz CT molecular complexity index is 5840. The molecule has 23 nitrogen and oxygen atoms in total. The fourth-order valence-electron chi connectivity index (χ4n) is 11.7. The van der Waals surface area contributed by atoms with Crippen molar-refractivity contribution in [3.8, 4) is 17.6 Å². The molecule has 0 radical (unpaired) electrons. The number of benzene rings is 9. The third kappa shape index (κ3) is 18.9. The van der Waals surface area contributed by atoms with E-state index in [0.29, 0.717) is 84.5 Å². The SMILES string of the molecule is CC(=O)OCc1ccc(N=C(c2ccccc2)c2c(O)n(C(C)=O)c3ccc(S(=O)(=O)N(C)C)cc23)cc1.CN(C)Cc1ccc(N=C(c2ccccc2)c2c(O)[nH]c3ccc(S(=O)(=O)N(C)C)cc23)cc1.CN(C)S(=O)(=O)c1ccc2[nH]c(O)c(C(=Nc3ccc(CO[Si](C)(C)C(C)(C)C)cc3)c3ccccc3)c2c1. The van der Waals surface area contributed by atoms with Crippen LogP contribution in [0.5, 0.6) is 17.6 Å². The average Bonchev–Trinajstić information content (AvgIpc) is 1.61. The second-order valence-corrected chi connectivity index (χ2v) is 40.0. The third-order valence-electron chi connectivity index (χ3n) is 18.8. The molecular formula is C84H92N10O13S3Si. The Morgan fingerprint density at radius 2 is 0.793 bits per heavy atom. The van der Waals surface area contributed by atoms with Crippen molar-refractivity contribution >= 4 is 117 Å². The number of nitrogens with one attached hydrogen (secondary N) is 2. The Hall–Kier alpha value is -11.0. The molecule has 5 N–H and O–H groups in total. The predicted molar refractivity (Wildman–Crippen MR) is 442 cm³/mol. The molecule has 111 heavy (non-hydrogen) atoms. The first-order valence-electron chi connectivity index (χ1n) is 35.4. The van der Waals surface area contributed by atoms with Gasteiger partial charge in [0.15, 0.2) is 20.1 Å². The molecule has 12 aromatic rings. The summed E-state index contributed by atoms with van der Waals surface area (Å²) < 4.78 is 93.0. The molecule has 27 heteroatoms. The van der Waals surface area contributed by atoms with Gasteiger partial charge < -0.3 is 39.4 Å². The second-order valence-electron chi connectivity index (χ2n) is 28.8. The number of ether oxygens (including phenoxy) is 1. The molecule has 0 unspecified atom stereocenters.